The lowest BCUT2D eigenvalue weighted by atomic mass is 9.87. The number of methoxy groups -OCH3 is 1. The number of nitrogens with zero attached hydrogens (tertiary/aromatic N) is 5. The molecule has 1 aliphatic heterocycles. The number of hydrazine groups is 1. The summed E-state index contributed by atoms with van der Waals surface area (Å²) in [7, 11) is 1.60. The van der Waals surface area contributed by atoms with Gasteiger partial charge in [0.2, 0.25) is 11.1 Å². The third-order valence-electron chi connectivity index (χ3n) is 5.45. The molecule has 1 aromatic heterocycles. The molecule has 3 aromatic rings. The summed E-state index contributed by atoms with van der Waals surface area (Å²) in [5.74, 6) is -0.419. The molecule has 176 valence electrons. The van der Waals surface area contributed by atoms with Crippen molar-refractivity contribution in [3.8, 4) is 5.75 Å². The minimum atomic E-state index is -1.22. The van der Waals surface area contributed by atoms with Gasteiger partial charge in [-0.05, 0) is 40.1 Å². The number of imide groups is 1. The lowest BCUT2D eigenvalue weighted by molar-refractivity contribution is -0.138. The second-order valence-electron chi connectivity index (χ2n) is 7.49. The maximum Gasteiger partial charge on any atom is 0.344 e. The van der Waals surface area contributed by atoms with Crippen LogP contribution in [0, 0.1) is 0 Å². The van der Waals surface area contributed by atoms with Crippen LogP contribution in [0.4, 0.5) is 4.79 Å². The van der Waals surface area contributed by atoms with Crippen molar-refractivity contribution in [3.05, 3.63) is 65.7 Å². The number of hydrogen-bond acceptors (Lipinski definition) is 8. The second-order valence-corrected chi connectivity index (χ2v) is 8.43. The van der Waals surface area contributed by atoms with E-state index in [1.807, 2.05) is 30.3 Å². The first kappa shape index (κ1) is 23.2. The Labute approximate surface area is 199 Å². The van der Waals surface area contributed by atoms with Crippen LogP contribution in [0.25, 0.3) is 0 Å². The van der Waals surface area contributed by atoms with Crippen LogP contribution in [0.1, 0.15) is 24.5 Å². The minimum absolute atomic E-state index is 0.0928. The van der Waals surface area contributed by atoms with Gasteiger partial charge in [0.25, 0.3) is 5.91 Å². The van der Waals surface area contributed by atoms with Crippen LogP contribution in [0.15, 0.2) is 59.8 Å². The summed E-state index contributed by atoms with van der Waals surface area (Å²) in [6.45, 7) is 2.21. The summed E-state index contributed by atoms with van der Waals surface area (Å²) in [5, 5.41) is 15.5. The lowest BCUT2D eigenvalue weighted by Crippen LogP contribution is -2.49. The summed E-state index contributed by atoms with van der Waals surface area (Å²) >= 11 is 1.10. The molecule has 0 saturated carbocycles. The highest BCUT2D eigenvalue weighted by atomic mass is 32.2. The summed E-state index contributed by atoms with van der Waals surface area (Å²) in [4.78, 5) is 38.2. The van der Waals surface area contributed by atoms with E-state index in [4.69, 9.17) is 4.74 Å². The molecule has 1 unspecified atom stereocenters. The molecule has 11 nitrogen and oxygen atoms in total. The highest BCUT2D eigenvalue weighted by molar-refractivity contribution is 7.99. The van der Waals surface area contributed by atoms with Crippen molar-refractivity contribution >= 4 is 29.6 Å². The quantitative estimate of drug-likeness (QED) is 0.349. The molecule has 1 saturated heterocycles. The van der Waals surface area contributed by atoms with E-state index in [1.165, 1.54) is 0 Å². The van der Waals surface area contributed by atoms with Crippen LogP contribution in [0.5, 0.6) is 5.75 Å². The molecule has 2 aromatic carbocycles. The van der Waals surface area contributed by atoms with Crippen LogP contribution in [-0.4, -0.2) is 55.9 Å². The number of aromatic nitrogens is 4. The van der Waals surface area contributed by atoms with E-state index in [0.29, 0.717) is 23.7 Å². The number of carbonyl (C=O) groups is 3. The van der Waals surface area contributed by atoms with Crippen molar-refractivity contribution < 1.29 is 19.1 Å². The maximum atomic E-state index is 13.1. The van der Waals surface area contributed by atoms with Gasteiger partial charge in [-0.1, -0.05) is 61.2 Å². The van der Waals surface area contributed by atoms with E-state index >= 15 is 0 Å². The monoisotopic (exact) mass is 481 g/mol. The molecule has 1 atom stereocenters. The molecule has 0 spiro atoms. The molecular formula is C22H23N7O4S. The van der Waals surface area contributed by atoms with Crippen molar-refractivity contribution in [2.75, 3.05) is 12.9 Å². The molecule has 1 aliphatic rings. The molecule has 0 aliphatic carbocycles. The number of tetrazole rings is 1. The Morgan fingerprint density at radius 2 is 1.88 bits per heavy atom. The van der Waals surface area contributed by atoms with Crippen LogP contribution in [0.3, 0.4) is 0 Å². The van der Waals surface area contributed by atoms with Crippen molar-refractivity contribution in [2.24, 2.45) is 0 Å². The van der Waals surface area contributed by atoms with Gasteiger partial charge in [0, 0.05) is 0 Å². The highest BCUT2D eigenvalue weighted by Gasteiger charge is 2.52. The first-order valence-corrected chi connectivity index (χ1v) is 11.5. The van der Waals surface area contributed by atoms with Crippen molar-refractivity contribution in [3.63, 3.8) is 0 Å². The Bertz CT molecular complexity index is 1190. The Kier molecular flexibility index (Phi) is 6.77. The number of carbonyl (C=O) groups excluding carboxylic acids is 3. The molecule has 12 heteroatoms. The van der Waals surface area contributed by atoms with E-state index in [2.05, 4.69) is 26.3 Å². The van der Waals surface area contributed by atoms with E-state index in [0.717, 1.165) is 28.1 Å². The maximum absolute atomic E-state index is 13.1. The van der Waals surface area contributed by atoms with Gasteiger partial charge in [-0.2, -0.15) is 5.01 Å². The first-order chi connectivity index (χ1) is 16.5. The van der Waals surface area contributed by atoms with Crippen LogP contribution >= 0.6 is 11.8 Å². The van der Waals surface area contributed by atoms with Crippen molar-refractivity contribution in [1.82, 2.24) is 36.0 Å². The molecule has 4 rings (SSSR count). The number of urea groups is 1. The zero-order chi connectivity index (χ0) is 24.1. The number of benzene rings is 2. The fourth-order valence-electron chi connectivity index (χ4n) is 3.63. The first-order valence-electron chi connectivity index (χ1n) is 10.5. The minimum Gasteiger partial charge on any atom is -0.497 e. The topological polar surface area (TPSA) is 131 Å². The molecule has 0 bridgehead atoms. The molecule has 4 amide bonds. The second kappa shape index (κ2) is 9.91. The number of hydrogen-bond donors (Lipinski definition) is 2. The predicted molar refractivity (Wildman–Crippen MR) is 123 cm³/mol. The van der Waals surface area contributed by atoms with E-state index in [1.54, 1.807) is 43.0 Å². The van der Waals surface area contributed by atoms with Crippen molar-refractivity contribution in [1.29, 1.82) is 0 Å². The zero-order valence-electron chi connectivity index (χ0n) is 18.6. The van der Waals surface area contributed by atoms with Gasteiger partial charge in [0.15, 0.2) is 0 Å². The molecule has 0 radical (unpaired) electrons. The molecule has 2 heterocycles. The average molecular weight is 482 g/mol. The van der Waals surface area contributed by atoms with E-state index < -0.39 is 23.4 Å². The fraction of sp³-hybridized carbons (Fsp3) is 0.273. The van der Waals surface area contributed by atoms with E-state index in [-0.39, 0.29) is 5.75 Å². The Morgan fingerprint density at radius 3 is 2.56 bits per heavy atom. The number of rotatable bonds is 9. The average Bonchev–Trinajstić information content (AvgIpc) is 3.41. The summed E-state index contributed by atoms with van der Waals surface area (Å²) in [6.07, 6.45) is 0.336. The third kappa shape index (κ3) is 4.57. The molecule has 1 fully saturated rings. The smallest absolute Gasteiger partial charge is 0.344 e. The summed E-state index contributed by atoms with van der Waals surface area (Å²) in [5.41, 5.74) is 2.79. The number of amides is 4. The standard InChI is InChI=1S/C22H23N7O4S/c1-3-22(16-7-5-4-6-8-16)19(31)29(20(32)23-22)25-18(30)14-34-21-24-26-27-28(21)13-15-9-11-17(33-2)12-10-15/h4-12H,3,13-14H2,1-2H3,(H,23,32)(H,25,30). The van der Waals surface area contributed by atoms with Gasteiger partial charge in [-0.3, -0.25) is 15.0 Å². The van der Waals surface area contributed by atoms with E-state index in [9.17, 15) is 14.4 Å². The molecular weight excluding hydrogens is 458 g/mol. The van der Waals surface area contributed by atoms with Crippen LogP contribution in [0.2, 0.25) is 0 Å². The highest BCUT2D eigenvalue weighted by Crippen LogP contribution is 2.31. The normalized spacial score (nSPS) is 17.5. The van der Waals surface area contributed by atoms with Gasteiger partial charge in [-0.25, -0.2) is 9.48 Å². The SMILES string of the molecule is CCC1(c2ccccc2)NC(=O)N(NC(=O)CSc2nnnn2Cc2ccc(OC)cc2)C1=O. The third-order valence-corrected chi connectivity index (χ3v) is 6.40. The Morgan fingerprint density at radius 1 is 1.15 bits per heavy atom. The molecule has 2 N–H and O–H groups in total. The Balaban J connectivity index is 1.38. The van der Waals surface area contributed by atoms with Gasteiger partial charge in [0.05, 0.1) is 19.4 Å². The molecule has 34 heavy (non-hydrogen) atoms. The largest absolute Gasteiger partial charge is 0.497 e. The zero-order valence-corrected chi connectivity index (χ0v) is 19.4. The van der Waals surface area contributed by atoms with Crippen molar-refractivity contribution in [2.45, 2.75) is 30.6 Å². The fourth-order valence-corrected chi connectivity index (χ4v) is 4.30. The van der Waals surface area contributed by atoms with Gasteiger partial charge in [0.1, 0.15) is 11.3 Å². The van der Waals surface area contributed by atoms with Crippen LogP contribution in [-0.2, 0) is 21.7 Å². The summed E-state index contributed by atoms with van der Waals surface area (Å²) < 4.78 is 6.72. The number of ether oxygens (including phenoxy) is 1. The Hall–Kier alpha value is -3.93. The summed E-state index contributed by atoms with van der Waals surface area (Å²) in [6, 6.07) is 15.7. The predicted octanol–water partition coefficient (Wildman–Crippen LogP) is 1.71. The number of nitrogens with one attached hydrogen (secondary N) is 2. The van der Waals surface area contributed by atoms with Gasteiger partial charge >= 0.3 is 6.03 Å². The van der Waals surface area contributed by atoms with Gasteiger partial charge < -0.3 is 10.1 Å². The lowest BCUT2D eigenvalue weighted by Gasteiger charge is -2.25. The van der Waals surface area contributed by atoms with Crippen LogP contribution < -0.4 is 15.5 Å². The number of thioether (sulfide) groups is 1. The van der Waals surface area contributed by atoms with Gasteiger partial charge in [-0.15, -0.1) is 5.10 Å².